The number of amides is 1. The normalized spacial score (nSPS) is 14.5. The quantitative estimate of drug-likeness (QED) is 0.327. The summed E-state index contributed by atoms with van der Waals surface area (Å²) in [4.78, 5) is 13.9. The lowest BCUT2D eigenvalue weighted by molar-refractivity contribution is -0.0690. The van der Waals surface area contributed by atoms with Crippen molar-refractivity contribution < 1.29 is 27.1 Å². The summed E-state index contributed by atoms with van der Waals surface area (Å²) in [6.07, 6.45) is -3.59. The molecule has 172 valence electrons. The van der Waals surface area contributed by atoms with E-state index in [-0.39, 0.29) is 12.0 Å². The Morgan fingerprint density at radius 3 is 2.31 bits per heavy atom. The Hall–Kier alpha value is -2.25. The smallest absolute Gasteiger partial charge is 0.416 e. The van der Waals surface area contributed by atoms with Gasteiger partial charge >= 0.3 is 12.3 Å². The van der Waals surface area contributed by atoms with Crippen molar-refractivity contribution in [1.82, 2.24) is 0 Å². The number of ether oxygens (including phenoxy) is 1. The third-order valence-electron chi connectivity index (χ3n) is 4.80. The summed E-state index contributed by atoms with van der Waals surface area (Å²) in [6.45, 7) is 5.76. The molecule has 0 spiro atoms. The molecule has 2 aromatic carbocycles. The molecule has 0 saturated carbocycles. The average Bonchev–Trinajstić information content (AvgIpc) is 3.07. The van der Waals surface area contributed by atoms with E-state index in [1.807, 2.05) is 0 Å². The standard InChI is InChI=1S/C23H21Cl2F4NO2/c1-22(2,3)32-21(31)30-9-8-14-10-13(5-7-19(14)30)4-6-16(23(27,28)29)15-11-17(24)20(26)18(25)12-15/h5-7,10-12H,4,8-9H2,1-3H3. The van der Waals surface area contributed by atoms with E-state index in [2.05, 4.69) is 0 Å². The second kappa shape index (κ2) is 8.94. The van der Waals surface area contributed by atoms with E-state index in [0.717, 1.165) is 23.8 Å². The van der Waals surface area contributed by atoms with E-state index in [4.69, 9.17) is 27.9 Å². The minimum atomic E-state index is -4.69. The van der Waals surface area contributed by atoms with E-state index < -0.39 is 39.3 Å². The van der Waals surface area contributed by atoms with Crippen LogP contribution < -0.4 is 4.90 Å². The van der Waals surface area contributed by atoms with Gasteiger partial charge in [0.2, 0.25) is 0 Å². The first-order chi connectivity index (χ1) is 14.8. The van der Waals surface area contributed by atoms with Gasteiger partial charge in [0.1, 0.15) is 5.60 Å². The third kappa shape index (κ3) is 5.56. The molecule has 0 saturated heterocycles. The molecular formula is C23H21Cl2F4NO2. The number of nitrogens with zero attached hydrogens (tertiary/aromatic N) is 1. The molecule has 0 bridgehead atoms. The van der Waals surface area contributed by atoms with Crippen molar-refractivity contribution in [3.63, 3.8) is 0 Å². The molecule has 32 heavy (non-hydrogen) atoms. The zero-order valence-corrected chi connectivity index (χ0v) is 19.1. The largest absolute Gasteiger partial charge is 0.443 e. The summed E-state index contributed by atoms with van der Waals surface area (Å²) >= 11 is 11.4. The van der Waals surface area contributed by atoms with Crippen molar-refractivity contribution >= 4 is 40.6 Å². The molecule has 2 aromatic rings. The highest BCUT2D eigenvalue weighted by Gasteiger charge is 2.35. The van der Waals surface area contributed by atoms with E-state index in [9.17, 15) is 22.4 Å². The second-order valence-electron chi connectivity index (χ2n) is 8.42. The molecule has 1 amide bonds. The van der Waals surface area contributed by atoms with Crippen LogP contribution in [-0.2, 0) is 17.6 Å². The highest BCUT2D eigenvalue weighted by molar-refractivity contribution is 6.35. The summed E-state index contributed by atoms with van der Waals surface area (Å²) < 4.78 is 60.0. The summed E-state index contributed by atoms with van der Waals surface area (Å²) in [5.74, 6) is -0.966. The fourth-order valence-corrected chi connectivity index (χ4v) is 3.90. The van der Waals surface area contributed by atoms with Gasteiger partial charge in [0, 0.05) is 6.54 Å². The van der Waals surface area contributed by atoms with Crippen LogP contribution in [0.3, 0.4) is 0 Å². The van der Waals surface area contributed by atoms with Gasteiger partial charge in [0.15, 0.2) is 5.82 Å². The maximum absolute atomic E-state index is 13.7. The first-order valence-corrected chi connectivity index (χ1v) is 10.6. The lowest BCUT2D eigenvalue weighted by atomic mass is 10.0. The van der Waals surface area contributed by atoms with Gasteiger partial charge in [-0.1, -0.05) is 41.4 Å². The Bertz CT molecular complexity index is 1050. The number of halogens is 6. The van der Waals surface area contributed by atoms with Crippen LogP contribution in [0.5, 0.6) is 0 Å². The molecule has 9 heteroatoms. The van der Waals surface area contributed by atoms with Crippen LogP contribution in [0.15, 0.2) is 36.4 Å². The lowest BCUT2D eigenvalue weighted by Gasteiger charge is -2.24. The number of hydrogen-bond donors (Lipinski definition) is 0. The number of carbonyl (C=O) groups excluding carboxylic acids is 1. The van der Waals surface area contributed by atoms with Gasteiger partial charge in [-0.2, -0.15) is 13.2 Å². The zero-order valence-electron chi connectivity index (χ0n) is 17.6. The SMILES string of the molecule is CC(C)(C)OC(=O)N1CCc2cc(CC=C(c3cc(Cl)c(F)c(Cl)c3)C(F)(F)F)ccc21. The molecule has 1 aliphatic heterocycles. The zero-order chi connectivity index (χ0) is 23.8. The van der Waals surface area contributed by atoms with Crippen LogP contribution in [0.1, 0.15) is 37.5 Å². The van der Waals surface area contributed by atoms with Crippen LogP contribution in [0.25, 0.3) is 5.57 Å². The van der Waals surface area contributed by atoms with Crippen molar-refractivity contribution in [3.8, 4) is 0 Å². The maximum Gasteiger partial charge on any atom is 0.416 e. The number of allylic oxidation sites excluding steroid dienone is 2. The number of fused-ring (bicyclic) bond motifs is 1. The Balaban J connectivity index is 1.86. The lowest BCUT2D eigenvalue weighted by Crippen LogP contribution is -2.35. The first kappa shape index (κ1) is 24.4. The molecule has 3 nitrogen and oxygen atoms in total. The first-order valence-electron chi connectivity index (χ1n) is 9.81. The average molecular weight is 490 g/mol. The van der Waals surface area contributed by atoms with Gasteiger partial charge in [-0.3, -0.25) is 4.90 Å². The number of benzene rings is 2. The maximum atomic E-state index is 13.7. The van der Waals surface area contributed by atoms with Crippen molar-refractivity contribution in [3.05, 3.63) is 69.0 Å². The molecule has 0 atom stereocenters. The molecule has 0 unspecified atom stereocenters. The Labute approximate surface area is 193 Å². The van der Waals surface area contributed by atoms with E-state index in [0.29, 0.717) is 24.2 Å². The fraction of sp³-hybridized carbons (Fsp3) is 0.348. The second-order valence-corrected chi connectivity index (χ2v) is 9.23. The number of carbonyl (C=O) groups is 1. The highest BCUT2D eigenvalue weighted by Crippen LogP contribution is 2.38. The van der Waals surface area contributed by atoms with E-state index in [1.165, 1.54) is 4.90 Å². The number of rotatable bonds is 3. The summed E-state index contributed by atoms with van der Waals surface area (Å²) in [7, 11) is 0. The summed E-state index contributed by atoms with van der Waals surface area (Å²) in [6, 6.07) is 6.95. The van der Waals surface area contributed by atoms with Crippen molar-refractivity contribution in [2.24, 2.45) is 0 Å². The molecule has 1 aliphatic rings. The topological polar surface area (TPSA) is 29.5 Å². The minimum absolute atomic E-state index is 0.0266. The van der Waals surface area contributed by atoms with Crippen molar-refractivity contribution in [2.75, 3.05) is 11.4 Å². The minimum Gasteiger partial charge on any atom is -0.443 e. The Kier molecular flexibility index (Phi) is 6.82. The Morgan fingerprint density at radius 2 is 1.75 bits per heavy atom. The van der Waals surface area contributed by atoms with Crippen LogP contribution in [0.4, 0.5) is 28.0 Å². The van der Waals surface area contributed by atoms with Gasteiger partial charge in [-0.15, -0.1) is 0 Å². The van der Waals surface area contributed by atoms with Crippen molar-refractivity contribution in [1.29, 1.82) is 0 Å². The van der Waals surface area contributed by atoms with Crippen molar-refractivity contribution in [2.45, 2.75) is 45.4 Å². The third-order valence-corrected chi connectivity index (χ3v) is 5.35. The number of hydrogen-bond acceptors (Lipinski definition) is 2. The number of alkyl halides is 3. The van der Waals surface area contributed by atoms with Gasteiger partial charge in [-0.25, -0.2) is 9.18 Å². The Morgan fingerprint density at radius 1 is 1.12 bits per heavy atom. The van der Waals surface area contributed by atoms with Gasteiger partial charge in [0.05, 0.1) is 21.3 Å². The van der Waals surface area contributed by atoms with Crippen LogP contribution in [0, 0.1) is 5.82 Å². The molecular weight excluding hydrogens is 469 g/mol. The number of anilines is 1. The highest BCUT2D eigenvalue weighted by atomic mass is 35.5. The predicted octanol–water partition coefficient (Wildman–Crippen LogP) is 7.62. The summed E-state index contributed by atoms with van der Waals surface area (Å²) in [5, 5.41) is -0.968. The van der Waals surface area contributed by atoms with Crippen LogP contribution >= 0.6 is 23.2 Å². The molecule has 1 heterocycles. The molecule has 0 aromatic heterocycles. The molecule has 0 aliphatic carbocycles. The summed E-state index contributed by atoms with van der Waals surface area (Å²) in [5.41, 5.74) is 0.257. The molecule has 0 N–H and O–H groups in total. The fourth-order valence-electron chi connectivity index (χ4n) is 3.42. The van der Waals surface area contributed by atoms with Gasteiger partial charge in [-0.05, 0) is 68.5 Å². The molecule has 0 fully saturated rings. The van der Waals surface area contributed by atoms with Gasteiger partial charge < -0.3 is 4.74 Å². The molecule has 0 radical (unpaired) electrons. The van der Waals surface area contributed by atoms with E-state index >= 15 is 0 Å². The molecule has 3 rings (SSSR count). The van der Waals surface area contributed by atoms with Gasteiger partial charge in [0.25, 0.3) is 0 Å². The monoisotopic (exact) mass is 489 g/mol. The van der Waals surface area contributed by atoms with Crippen LogP contribution in [-0.4, -0.2) is 24.4 Å². The van der Waals surface area contributed by atoms with Crippen LogP contribution in [0.2, 0.25) is 10.0 Å². The van der Waals surface area contributed by atoms with E-state index in [1.54, 1.807) is 39.0 Å². The predicted molar refractivity (Wildman–Crippen MR) is 118 cm³/mol.